The largest absolute Gasteiger partial charge is 0.481 e. The van der Waals surface area contributed by atoms with E-state index in [0.717, 1.165) is 32.2 Å². The molecule has 0 spiro atoms. The molecule has 19 heavy (non-hydrogen) atoms. The van der Waals surface area contributed by atoms with Gasteiger partial charge in [-0.05, 0) is 38.6 Å². The van der Waals surface area contributed by atoms with Crippen LogP contribution in [0.5, 0.6) is 0 Å². The Bertz CT molecular complexity index is 349. The summed E-state index contributed by atoms with van der Waals surface area (Å²) >= 11 is 0. The van der Waals surface area contributed by atoms with Crippen LogP contribution in [0.15, 0.2) is 0 Å². The summed E-state index contributed by atoms with van der Waals surface area (Å²) in [5.74, 6) is -0.648. The van der Waals surface area contributed by atoms with E-state index in [-0.39, 0.29) is 11.9 Å². The molecule has 2 heterocycles. The first-order valence-electron chi connectivity index (χ1n) is 7.34. The fourth-order valence-electron chi connectivity index (χ4n) is 3.40. The molecule has 2 fully saturated rings. The molecule has 2 N–H and O–H groups in total. The SMILES string of the molecule is CCCC1(C(=O)O)CCCN(C(=O)[C@H]2CCCN2)C1. The molecule has 5 nitrogen and oxygen atoms in total. The van der Waals surface area contributed by atoms with Gasteiger partial charge in [0.2, 0.25) is 5.91 Å². The number of hydrogen-bond acceptors (Lipinski definition) is 3. The van der Waals surface area contributed by atoms with Crippen molar-refractivity contribution >= 4 is 11.9 Å². The van der Waals surface area contributed by atoms with E-state index in [1.807, 2.05) is 6.92 Å². The van der Waals surface area contributed by atoms with Crippen molar-refractivity contribution in [1.82, 2.24) is 10.2 Å². The van der Waals surface area contributed by atoms with Gasteiger partial charge in [0, 0.05) is 13.1 Å². The van der Waals surface area contributed by atoms with Crippen LogP contribution in [0.1, 0.15) is 45.4 Å². The number of carboxylic acids is 1. The number of nitrogens with zero attached hydrogens (tertiary/aromatic N) is 1. The Labute approximate surface area is 114 Å². The van der Waals surface area contributed by atoms with Gasteiger partial charge in [-0.25, -0.2) is 0 Å². The predicted molar refractivity (Wildman–Crippen MR) is 71.8 cm³/mol. The smallest absolute Gasteiger partial charge is 0.311 e. The lowest BCUT2D eigenvalue weighted by atomic mass is 9.76. The second-order valence-corrected chi connectivity index (χ2v) is 5.85. The van der Waals surface area contributed by atoms with Gasteiger partial charge in [0.1, 0.15) is 0 Å². The molecule has 108 valence electrons. The van der Waals surface area contributed by atoms with Gasteiger partial charge < -0.3 is 15.3 Å². The summed E-state index contributed by atoms with van der Waals surface area (Å²) < 4.78 is 0. The molecule has 5 heteroatoms. The van der Waals surface area contributed by atoms with Gasteiger partial charge >= 0.3 is 5.97 Å². The van der Waals surface area contributed by atoms with E-state index < -0.39 is 11.4 Å². The zero-order valence-corrected chi connectivity index (χ0v) is 11.7. The van der Waals surface area contributed by atoms with Crippen molar-refractivity contribution < 1.29 is 14.7 Å². The Morgan fingerprint density at radius 2 is 2.21 bits per heavy atom. The van der Waals surface area contributed by atoms with Crippen molar-refractivity contribution in [3.05, 3.63) is 0 Å². The highest BCUT2D eigenvalue weighted by Crippen LogP contribution is 2.35. The number of likely N-dealkylation sites (tertiary alicyclic amines) is 1. The molecule has 2 aliphatic heterocycles. The van der Waals surface area contributed by atoms with E-state index in [1.165, 1.54) is 0 Å². The standard InChI is InChI=1S/C14H24N2O3/c1-2-6-14(13(18)19)7-4-9-16(10-14)12(17)11-5-3-8-15-11/h11,15H,2-10H2,1H3,(H,18,19)/t11-,14?/m1/s1. The number of aliphatic carboxylic acids is 1. The summed E-state index contributed by atoms with van der Waals surface area (Å²) in [5, 5.41) is 12.7. The summed E-state index contributed by atoms with van der Waals surface area (Å²) in [6, 6.07) is -0.0915. The molecule has 0 bridgehead atoms. The third kappa shape index (κ3) is 2.91. The van der Waals surface area contributed by atoms with Crippen molar-refractivity contribution in [2.45, 2.75) is 51.5 Å². The van der Waals surface area contributed by atoms with Crippen molar-refractivity contribution in [2.75, 3.05) is 19.6 Å². The third-order valence-electron chi connectivity index (χ3n) is 4.43. The molecule has 2 saturated heterocycles. The monoisotopic (exact) mass is 268 g/mol. The minimum absolute atomic E-state index is 0.0915. The Morgan fingerprint density at radius 1 is 1.42 bits per heavy atom. The Morgan fingerprint density at radius 3 is 2.79 bits per heavy atom. The number of amides is 1. The highest BCUT2D eigenvalue weighted by molar-refractivity contribution is 5.83. The molecule has 2 aliphatic rings. The molecule has 1 unspecified atom stereocenters. The lowest BCUT2D eigenvalue weighted by Crippen LogP contribution is -2.53. The van der Waals surface area contributed by atoms with E-state index in [0.29, 0.717) is 25.9 Å². The maximum Gasteiger partial charge on any atom is 0.311 e. The molecule has 1 amide bonds. The zero-order valence-electron chi connectivity index (χ0n) is 11.7. The van der Waals surface area contributed by atoms with Crippen molar-refractivity contribution in [3.8, 4) is 0 Å². The van der Waals surface area contributed by atoms with Crippen molar-refractivity contribution in [3.63, 3.8) is 0 Å². The maximum absolute atomic E-state index is 12.4. The lowest BCUT2D eigenvalue weighted by molar-refractivity contribution is -0.156. The first-order valence-corrected chi connectivity index (χ1v) is 7.34. The Hall–Kier alpha value is -1.10. The van der Waals surface area contributed by atoms with E-state index in [1.54, 1.807) is 4.90 Å². The lowest BCUT2D eigenvalue weighted by Gasteiger charge is -2.40. The van der Waals surface area contributed by atoms with Gasteiger partial charge in [-0.2, -0.15) is 0 Å². The van der Waals surface area contributed by atoms with Gasteiger partial charge in [0.25, 0.3) is 0 Å². The van der Waals surface area contributed by atoms with Gasteiger partial charge in [-0.1, -0.05) is 13.3 Å². The number of carbonyl (C=O) groups excluding carboxylic acids is 1. The number of hydrogen-bond donors (Lipinski definition) is 2. The van der Waals surface area contributed by atoms with Gasteiger partial charge in [-0.15, -0.1) is 0 Å². The second kappa shape index (κ2) is 5.90. The molecular formula is C14H24N2O3. The van der Waals surface area contributed by atoms with E-state index in [4.69, 9.17) is 0 Å². The summed E-state index contributed by atoms with van der Waals surface area (Å²) in [5.41, 5.74) is -0.721. The molecule has 0 aromatic rings. The molecule has 0 aromatic heterocycles. The van der Waals surface area contributed by atoms with E-state index in [9.17, 15) is 14.7 Å². The number of piperidine rings is 1. The van der Waals surface area contributed by atoms with Crippen molar-refractivity contribution in [2.24, 2.45) is 5.41 Å². The fourth-order valence-corrected chi connectivity index (χ4v) is 3.40. The Kier molecular flexibility index (Phi) is 4.45. The van der Waals surface area contributed by atoms with Crippen LogP contribution in [0.4, 0.5) is 0 Å². The van der Waals surface area contributed by atoms with Crippen LogP contribution in [0.25, 0.3) is 0 Å². The van der Waals surface area contributed by atoms with Crippen LogP contribution < -0.4 is 5.32 Å². The number of rotatable bonds is 4. The molecular weight excluding hydrogens is 244 g/mol. The predicted octanol–water partition coefficient (Wildman–Crippen LogP) is 1.23. The highest BCUT2D eigenvalue weighted by atomic mass is 16.4. The average Bonchev–Trinajstić information content (AvgIpc) is 2.92. The normalized spacial score (nSPS) is 31.4. The Balaban J connectivity index is 2.06. The maximum atomic E-state index is 12.4. The van der Waals surface area contributed by atoms with Gasteiger partial charge in [-0.3, -0.25) is 9.59 Å². The highest BCUT2D eigenvalue weighted by Gasteiger charge is 2.43. The number of carbonyl (C=O) groups is 2. The molecule has 0 radical (unpaired) electrons. The zero-order chi connectivity index (χ0) is 13.9. The summed E-state index contributed by atoms with van der Waals surface area (Å²) in [4.78, 5) is 25.8. The first kappa shape index (κ1) is 14.3. The van der Waals surface area contributed by atoms with Crippen molar-refractivity contribution in [1.29, 1.82) is 0 Å². The van der Waals surface area contributed by atoms with Crippen LogP contribution in [-0.4, -0.2) is 47.6 Å². The fraction of sp³-hybridized carbons (Fsp3) is 0.857. The molecule has 0 aromatic carbocycles. The molecule has 0 saturated carbocycles. The first-order chi connectivity index (χ1) is 9.09. The van der Waals surface area contributed by atoms with Gasteiger partial charge in [0.05, 0.1) is 11.5 Å². The molecule has 0 aliphatic carbocycles. The van der Waals surface area contributed by atoms with Crippen LogP contribution in [0.2, 0.25) is 0 Å². The second-order valence-electron chi connectivity index (χ2n) is 5.85. The third-order valence-corrected chi connectivity index (χ3v) is 4.43. The van der Waals surface area contributed by atoms with Crippen LogP contribution in [-0.2, 0) is 9.59 Å². The minimum atomic E-state index is -0.744. The summed E-state index contributed by atoms with van der Waals surface area (Å²) in [7, 11) is 0. The molecule has 2 atom stereocenters. The van der Waals surface area contributed by atoms with E-state index in [2.05, 4.69) is 5.32 Å². The number of carboxylic acid groups (broad SMARTS) is 1. The quantitative estimate of drug-likeness (QED) is 0.804. The van der Waals surface area contributed by atoms with Gasteiger partial charge in [0.15, 0.2) is 0 Å². The van der Waals surface area contributed by atoms with E-state index >= 15 is 0 Å². The van der Waals surface area contributed by atoms with Crippen LogP contribution in [0.3, 0.4) is 0 Å². The average molecular weight is 268 g/mol. The summed E-state index contributed by atoms with van der Waals surface area (Å²) in [6.07, 6.45) is 4.90. The van der Waals surface area contributed by atoms with Crippen LogP contribution >= 0.6 is 0 Å². The van der Waals surface area contributed by atoms with Crippen LogP contribution in [0, 0.1) is 5.41 Å². The summed E-state index contributed by atoms with van der Waals surface area (Å²) in [6.45, 7) is 3.98. The molecule has 2 rings (SSSR count). The minimum Gasteiger partial charge on any atom is -0.481 e. The number of nitrogens with one attached hydrogen (secondary N) is 1. The topological polar surface area (TPSA) is 69.6 Å².